The molecule has 0 atom stereocenters. The minimum absolute atomic E-state index is 0.360. The zero-order chi connectivity index (χ0) is 16.7. The van der Waals surface area contributed by atoms with Crippen molar-refractivity contribution in [3.63, 3.8) is 0 Å². The molecule has 0 aliphatic heterocycles. The quantitative estimate of drug-likeness (QED) is 0.631. The molecule has 6 nitrogen and oxygen atoms in total. The van der Waals surface area contributed by atoms with Gasteiger partial charge in [0.05, 0.1) is 11.9 Å². The number of nitrogens with zero attached hydrogens (tertiary/aromatic N) is 4. The first kappa shape index (κ1) is 14.2. The Morgan fingerprint density at radius 1 is 1.12 bits per heavy atom. The van der Waals surface area contributed by atoms with Crippen molar-refractivity contribution in [2.45, 2.75) is 6.92 Å². The lowest BCUT2D eigenvalue weighted by Crippen LogP contribution is -2.13. The van der Waals surface area contributed by atoms with E-state index in [1.165, 1.54) is 6.20 Å². The molecule has 0 unspecified atom stereocenters. The predicted octanol–water partition coefficient (Wildman–Crippen LogP) is 2.59. The molecule has 0 aliphatic carbocycles. The van der Waals surface area contributed by atoms with Crippen LogP contribution in [0, 0.1) is 6.92 Å². The molecule has 2 N–H and O–H groups in total. The molecule has 4 aromatic heterocycles. The number of aromatic nitrogens is 4. The van der Waals surface area contributed by atoms with Gasteiger partial charge in [0, 0.05) is 23.7 Å². The van der Waals surface area contributed by atoms with E-state index in [0.717, 1.165) is 22.8 Å². The van der Waals surface area contributed by atoms with E-state index >= 15 is 0 Å². The fourth-order valence-corrected chi connectivity index (χ4v) is 2.79. The number of rotatable bonds is 3. The lowest BCUT2D eigenvalue weighted by Gasteiger charge is -2.10. The van der Waals surface area contributed by atoms with Crippen LogP contribution >= 0.6 is 0 Å². The summed E-state index contributed by atoms with van der Waals surface area (Å²) in [6.07, 6.45) is 5.32. The molecule has 0 fully saturated rings. The maximum absolute atomic E-state index is 11.5. The van der Waals surface area contributed by atoms with E-state index in [9.17, 15) is 4.79 Å². The zero-order valence-electron chi connectivity index (χ0n) is 13.0. The molecule has 0 spiro atoms. The van der Waals surface area contributed by atoms with Gasteiger partial charge >= 0.3 is 0 Å². The maximum Gasteiger partial charge on any atom is 0.267 e. The molecular weight excluding hydrogens is 302 g/mol. The van der Waals surface area contributed by atoms with Gasteiger partial charge < -0.3 is 10.3 Å². The lowest BCUT2D eigenvalue weighted by molar-refractivity contribution is 0.0995. The van der Waals surface area contributed by atoms with E-state index in [2.05, 4.69) is 9.97 Å². The van der Waals surface area contributed by atoms with Gasteiger partial charge in [-0.2, -0.15) is 0 Å². The van der Waals surface area contributed by atoms with Gasteiger partial charge in [0.2, 0.25) is 0 Å². The van der Waals surface area contributed by atoms with Gasteiger partial charge in [-0.1, -0.05) is 6.07 Å². The van der Waals surface area contributed by atoms with E-state index < -0.39 is 5.91 Å². The van der Waals surface area contributed by atoms with Crippen LogP contribution < -0.4 is 5.73 Å². The summed E-state index contributed by atoms with van der Waals surface area (Å²) in [6.45, 7) is 1.96. The van der Waals surface area contributed by atoms with Crippen LogP contribution in [-0.2, 0) is 0 Å². The minimum atomic E-state index is -0.504. The second-order valence-electron chi connectivity index (χ2n) is 5.55. The van der Waals surface area contributed by atoms with E-state index in [0.29, 0.717) is 11.3 Å². The number of carbonyl (C=O) groups is 1. The average Bonchev–Trinajstić information content (AvgIpc) is 3.21. The molecule has 4 rings (SSSR count). The van der Waals surface area contributed by atoms with Gasteiger partial charge in [-0.05, 0) is 43.3 Å². The highest BCUT2D eigenvalue weighted by atomic mass is 16.1. The summed E-state index contributed by atoms with van der Waals surface area (Å²) in [5, 5.41) is 0. The molecule has 0 saturated heterocycles. The van der Waals surface area contributed by atoms with E-state index in [-0.39, 0.29) is 0 Å². The Hall–Kier alpha value is -3.41. The first-order valence-corrected chi connectivity index (χ1v) is 7.52. The summed E-state index contributed by atoms with van der Waals surface area (Å²) < 4.78 is 3.72. The fourth-order valence-electron chi connectivity index (χ4n) is 2.79. The van der Waals surface area contributed by atoms with Crippen molar-refractivity contribution in [1.29, 1.82) is 0 Å². The average molecular weight is 317 g/mol. The number of pyridine rings is 2. The van der Waals surface area contributed by atoms with Gasteiger partial charge in [0.25, 0.3) is 5.91 Å². The molecule has 0 saturated carbocycles. The van der Waals surface area contributed by atoms with Crippen molar-refractivity contribution in [3.05, 3.63) is 72.4 Å². The van der Waals surface area contributed by atoms with Crippen LogP contribution in [0.1, 0.15) is 16.2 Å². The third-order valence-electron chi connectivity index (χ3n) is 3.92. The van der Waals surface area contributed by atoms with Gasteiger partial charge in [0.15, 0.2) is 0 Å². The summed E-state index contributed by atoms with van der Waals surface area (Å²) in [7, 11) is 0. The Labute approximate surface area is 138 Å². The lowest BCUT2D eigenvalue weighted by atomic mass is 10.2. The Morgan fingerprint density at radius 3 is 2.79 bits per heavy atom. The van der Waals surface area contributed by atoms with Crippen molar-refractivity contribution in [1.82, 2.24) is 18.9 Å². The zero-order valence-corrected chi connectivity index (χ0v) is 13.0. The largest absolute Gasteiger partial charge is 0.364 e. The van der Waals surface area contributed by atoms with Crippen LogP contribution in [0.5, 0.6) is 0 Å². The number of imidazole rings is 1. The van der Waals surface area contributed by atoms with Gasteiger partial charge in [-0.25, -0.2) is 9.97 Å². The molecule has 0 aliphatic rings. The second-order valence-corrected chi connectivity index (χ2v) is 5.55. The highest BCUT2D eigenvalue weighted by Gasteiger charge is 2.12. The number of fused-ring (bicyclic) bond motifs is 1. The predicted molar refractivity (Wildman–Crippen MR) is 91.0 cm³/mol. The van der Waals surface area contributed by atoms with Crippen molar-refractivity contribution >= 4 is 11.6 Å². The molecule has 6 heteroatoms. The summed E-state index contributed by atoms with van der Waals surface area (Å²) in [6, 6.07) is 13.7. The monoisotopic (exact) mass is 317 g/mol. The summed E-state index contributed by atoms with van der Waals surface area (Å²) in [5.41, 5.74) is 9.32. The maximum atomic E-state index is 11.5. The number of primary amides is 1. The first-order chi connectivity index (χ1) is 11.6. The van der Waals surface area contributed by atoms with E-state index in [1.54, 1.807) is 4.40 Å². The molecule has 24 heavy (non-hydrogen) atoms. The Kier molecular flexibility index (Phi) is 3.16. The van der Waals surface area contributed by atoms with Gasteiger partial charge in [-0.15, -0.1) is 0 Å². The smallest absolute Gasteiger partial charge is 0.267 e. The molecule has 4 aromatic rings. The molecule has 0 aromatic carbocycles. The Morgan fingerprint density at radius 2 is 2.00 bits per heavy atom. The fraction of sp³-hybridized carbons (Fsp3) is 0.0556. The highest BCUT2D eigenvalue weighted by molar-refractivity contribution is 5.92. The second kappa shape index (κ2) is 5.34. The Balaban J connectivity index is 1.88. The molecule has 0 radical (unpaired) electrons. The normalized spacial score (nSPS) is 11.0. The number of amides is 1. The first-order valence-electron chi connectivity index (χ1n) is 7.52. The molecule has 118 valence electrons. The van der Waals surface area contributed by atoms with Gasteiger partial charge in [0.1, 0.15) is 17.2 Å². The van der Waals surface area contributed by atoms with E-state index in [1.807, 2.05) is 66.3 Å². The minimum Gasteiger partial charge on any atom is -0.364 e. The van der Waals surface area contributed by atoms with Crippen LogP contribution in [0.2, 0.25) is 0 Å². The van der Waals surface area contributed by atoms with Crippen LogP contribution in [0.3, 0.4) is 0 Å². The number of nitrogens with two attached hydrogens (primary N) is 1. The molecule has 0 bridgehead atoms. The third kappa shape index (κ3) is 2.25. The van der Waals surface area contributed by atoms with Crippen molar-refractivity contribution < 1.29 is 4.79 Å². The van der Waals surface area contributed by atoms with Crippen molar-refractivity contribution in [2.24, 2.45) is 5.73 Å². The summed E-state index contributed by atoms with van der Waals surface area (Å²) in [4.78, 5) is 20.3. The molecular formula is C18H15N5O. The number of hydrogen-bond donors (Lipinski definition) is 1. The van der Waals surface area contributed by atoms with Crippen LogP contribution in [0.25, 0.3) is 22.7 Å². The van der Waals surface area contributed by atoms with Crippen LogP contribution in [0.15, 0.2) is 61.1 Å². The SMILES string of the molecule is Cc1cccc(-n2cccc2-c2ccc3ncc(C(N)=O)n3c2)n1. The summed E-state index contributed by atoms with van der Waals surface area (Å²) in [5.74, 6) is 0.339. The third-order valence-corrected chi connectivity index (χ3v) is 3.92. The molecule has 4 heterocycles. The summed E-state index contributed by atoms with van der Waals surface area (Å²) >= 11 is 0. The highest BCUT2D eigenvalue weighted by Crippen LogP contribution is 2.24. The van der Waals surface area contributed by atoms with Crippen LogP contribution in [-0.4, -0.2) is 24.8 Å². The van der Waals surface area contributed by atoms with Gasteiger partial charge in [-0.3, -0.25) is 9.20 Å². The standard InChI is InChI=1S/C18H15N5O/c1-12-4-2-6-17(21-12)22-9-3-5-14(22)13-7-8-16-20-10-15(18(19)24)23(16)11-13/h2-11H,1H3,(H2,19,24). The van der Waals surface area contributed by atoms with Crippen molar-refractivity contribution in [3.8, 4) is 17.1 Å². The number of carbonyl (C=O) groups excluding carboxylic acids is 1. The topological polar surface area (TPSA) is 78.2 Å². The van der Waals surface area contributed by atoms with Crippen LogP contribution in [0.4, 0.5) is 0 Å². The Bertz CT molecular complexity index is 1060. The number of aryl methyl sites for hydroxylation is 1. The number of hydrogen-bond acceptors (Lipinski definition) is 3. The van der Waals surface area contributed by atoms with Crippen molar-refractivity contribution in [2.75, 3.05) is 0 Å². The molecule has 1 amide bonds. The van der Waals surface area contributed by atoms with E-state index in [4.69, 9.17) is 5.73 Å².